The van der Waals surface area contributed by atoms with Crippen molar-refractivity contribution in [3.05, 3.63) is 84.3 Å². The number of nitrogens with zero attached hydrogens (tertiary/aromatic N) is 4. The van der Waals surface area contributed by atoms with Gasteiger partial charge in [-0.3, -0.25) is 14.3 Å². The van der Waals surface area contributed by atoms with Crippen molar-refractivity contribution in [3.63, 3.8) is 0 Å². The summed E-state index contributed by atoms with van der Waals surface area (Å²) in [5.41, 5.74) is 2.80. The second-order valence-corrected chi connectivity index (χ2v) is 7.53. The lowest BCUT2D eigenvalue weighted by Gasteiger charge is -2.18. The highest BCUT2D eigenvalue weighted by Gasteiger charge is 2.21. The number of nitrogens with one attached hydrogen (secondary N) is 1. The third-order valence-corrected chi connectivity index (χ3v) is 5.47. The fourth-order valence-corrected chi connectivity index (χ4v) is 3.83. The van der Waals surface area contributed by atoms with E-state index >= 15 is 0 Å². The van der Waals surface area contributed by atoms with Gasteiger partial charge in [0.1, 0.15) is 0 Å². The summed E-state index contributed by atoms with van der Waals surface area (Å²) in [6, 6.07) is 14.0. The van der Waals surface area contributed by atoms with Crippen LogP contribution in [0.2, 0.25) is 0 Å². The predicted octanol–water partition coefficient (Wildman–Crippen LogP) is 4.64. The fraction of sp³-hybridized carbons (Fsp3) is 0.217. The summed E-state index contributed by atoms with van der Waals surface area (Å²) < 4.78 is 2.06. The van der Waals surface area contributed by atoms with Crippen molar-refractivity contribution >= 4 is 17.7 Å². The molecule has 0 aliphatic carbocycles. The molecule has 0 aliphatic rings. The molecule has 30 heavy (non-hydrogen) atoms. The largest absolute Gasteiger partial charge is 0.326 e. The summed E-state index contributed by atoms with van der Waals surface area (Å²) >= 11 is 1.37. The van der Waals surface area contributed by atoms with Gasteiger partial charge in [0, 0.05) is 23.7 Å². The lowest BCUT2D eigenvalue weighted by molar-refractivity contribution is -0.117. The summed E-state index contributed by atoms with van der Waals surface area (Å²) in [4.78, 5) is 16.6. The molecule has 7 heteroatoms. The molecule has 0 bridgehead atoms. The van der Waals surface area contributed by atoms with Crippen LogP contribution in [0.5, 0.6) is 0 Å². The minimum absolute atomic E-state index is 0.00362. The van der Waals surface area contributed by atoms with Crippen LogP contribution in [0.4, 0.5) is 0 Å². The van der Waals surface area contributed by atoms with Crippen molar-refractivity contribution in [1.82, 2.24) is 25.1 Å². The molecule has 154 valence electrons. The minimum Gasteiger partial charge on any atom is -0.326 e. The summed E-state index contributed by atoms with van der Waals surface area (Å²) in [5, 5.41) is 12.4. The maximum absolute atomic E-state index is 12.4. The van der Waals surface area contributed by atoms with Gasteiger partial charge < -0.3 is 5.32 Å². The van der Waals surface area contributed by atoms with Crippen LogP contribution in [0.1, 0.15) is 32.4 Å². The normalized spacial score (nSPS) is 12.8. The Hall–Kier alpha value is -3.19. The molecule has 0 aliphatic heterocycles. The Labute approximate surface area is 181 Å². The van der Waals surface area contributed by atoms with Gasteiger partial charge in [-0.1, -0.05) is 54.2 Å². The molecule has 0 fully saturated rings. The van der Waals surface area contributed by atoms with Gasteiger partial charge in [-0.2, -0.15) is 0 Å². The van der Waals surface area contributed by atoms with E-state index in [1.807, 2.05) is 62.4 Å². The van der Waals surface area contributed by atoms with E-state index in [-0.39, 0.29) is 17.7 Å². The number of carbonyl (C=O) groups excluding carboxylic acids is 1. The smallest absolute Gasteiger partial charge is 0.234 e. The van der Waals surface area contributed by atoms with Gasteiger partial charge in [0.05, 0.1) is 11.8 Å². The van der Waals surface area contributed by atoms with Crippen molar-refractivity contribution in [2.45, 2.75) is 32.0 Å². The quantitative estimate of drug-likeness (QED) is 0.425. The highest BCUT2D eigenvalue weighted by atomic mass is 32.2. The zero-order chi connectivity index (χ0) is 21.3. The molecule has 0 saturated carbocycles. The van der Waals surface area contributed by atoms with E-state index in [1.165, 1.54) is 11.8 Å². The van der Waals surface area contributed by atoms with Crippen LogP contribution in [0.3, 0.4) is 0 Å². The van der Waals surface area contributed by atoms with Gasteiger partial charge in [-0.25, -0.2) is 0 Å². The van der Waals surface area contributed by atoms with Crippen molar-refractivity contribution in [2.75, 3.05) is 5.75 Å². The zero-order valence-corrected chi connectivity index (χ0v) is 18.1. The number of thioether (sulfide) groups is 1. The van der Waals surface area contributed by atoms with Crippen molar-refractivity contribution in [1.29, 1.82) is 0 Å². The monoisotopic (exact) mass is 419 g/mol. The molecule has 3 aromatic rings. The molecular weight excluding hydrogens is 394 g/mol. The maximum atomic E-state index is 12.4. The van der Waals surface area contributed by atoms with E-state index in [4.69, 9.17) is 0 Å². The third kappa shape index (κ3) is 5.24. The molecular formula is C23H25N5OS. The van der Waals surface area contributed by atoms with Gasteiger partial charge in [-0.15, -0.1) is 10.2 Å². The molecule has 2 aromatic heterocycles. The molecule has 1 N–H and O–H groups in total. The van der Waals surface area contributed by atoms with Gasteiger partial charge in [-0.05, 0) is 44.5 Å². The highest BCUT2D eigenvalue weighted by molar-refractivity contribution is 7.99. The topological polar surface area (TPSA) is 72.7 Å². The summed E-state index contributed by atoms with van der Waals surface area (Å²) in [6.45, 7) is 5.91. The Morgan fingerprint density at radius 2 is 1.97 bits per heavy atom. The Morgan fingerprint density at radius 3 is 2.63 bits per heavy atom. The van der Waals surface area contributed by atoms with Gasteiger partial charge in [0.25, 0.3) is 0 Å². The Morgan fingerprint density at radius 1 is 1.17 bits per heavy atom. The second kappa shape index (κ2) is 10.5. The van der Waals surface area contributed by atoms with E-state index in [1.54, 1.807) is 12.4 Å². The van der Waals surface area contributed by atoms with E-state index in [0.717, 1.165) is 22.6 Å². The number of benzene rings is 1. The summed E-state index contributed by atoms with van der Waals surface area (Å²) in [5.74, 6) is 0.878. The van der Waals surface area contributed by atoms with Crippen LogP contribution in [0, 0.1) is 0 Å². The van der Waals surface area contributed by atoms with Crippen LogP contribution < -0.4 is 5.32 Å². The standard InChI is InChI=1S/C23H25N5OS/c1-4-10-20(5-2)25-21(29)16-30-23-27-26-22(19-13-9-14-24-15-19)28(23)17(3)18-11-7-6-8-12-18/h4-15,17H,16H2,1-3H3,(H,25,29)/b10-4-,20-5+. The number of allylic oxidation sites excluding steroid dienone is 3. The maximum Gasteiger partial charge on any atom is 0.234 e. The molecule has 2 heterocycles. The molecule has 1 unspecified atom stereocenters. The van der Waals surface area contributed by atoms with E-state index in [9.17, 15) is 4.79 Å². The van der Waals surface area contributed by atoms with Crippen molar-refractivity contribution in [2.24, 2.45) is 0 Å². The third-order valence-electron chi connectivity index (χ3n) is 4.53. The second-order valence-electron chi connectivity index (χ2n) is 6.59. The van der Waals surface area contributed by atoms with Gasteiger partial charge in [0.2, 0.25) is 5.91 Å². The predicted molar refractivity (Wildman–Crippen MR) is 121 cm³/mol. The SMILES string of the molecule is C/C=C\C(=C/C)NC(=O)CSc1nnc(-c2cccnc2)n1C(C)c1ccccc1. The van der Waals surface area contributed by atoms with Crippen LogP contribution in [0.25, 0.3) is 11.4 Å². The first-order valence-corrected chi connectivity index (χ1v) is 10.7. The lowest BCUT2D eigenvalue weighted by Crippen LogP contribution is -2.24. The molecule has 6 nitrogen and oxygen atoms in total. The van der Waals surface area contributed by atoms with E-state index in [0.29, 0.717) is 5.16 Å². The summed E-state index contributed by atoms with van der Waals surface area (Å²) in [6.07, 6.45) is 9.12. The number of hydrogen-bond acceptors (Lipinski definition) is 5. The molecule has 1 amide bonds. The minimum atomic E-state index is -0.0870. The number of aromatic nitrogens is 4. The van der Waals surface area contributed by atoms with Crippen LogP contribution in [-0.2, 0) is 4.79 Å². The first-order valence-electron chi connectivity index (χ1n) is 9.76. The lowest BCUT2D eigenvalue weighted by atomic mass is 10.1. The fourth-order valence-electron chi connectivity index (χ4n) is 3.01. The molecule has 0 saturated heterocycles. The summed E-state index contributed by atoms with van der Waals surface area (Å²) in [7, 11) is 0. The average molecular weight is 420 g/mol. The molecule has 0 radical (unpaired) electrons. The van der Waals surface area contributed by atoms with Gasteiger partial charge in [0.15, 0.2) is 11.0 Å². The number of carbonyl (C=O) groups is 1. The Kier molecular flexibility index (Phi) is 7.57. The van der Waals surface area contributed by atoms with E-state index in [2.05, 4.69) is 44.1 Å². The number of amides is 1. The zero-order valence-electron chi connectivity index (χ0n) is 17.3. The number of rotatable bonds is 8. The Balaban J connectivity index is 1.87. The molecule has 0 spiro atoms. The van der Waals surface area contributed by atoms with Crippen molar-refractivity contribution in [3.8, 4) is 11.4 Å². The highest BCUT2D eigenvalue weighted by Crippen LogP contribution is 2.30. The average Bonchev–Trinajstić information content (AvgIpc) is 3.22. The number of hydrogen-bond donors (Lipinski definition) is 1. The van der Waals surface area contributed by atoms with Crippen molar-refractivity contribution < 1.29 is 4.79 Å². The van der Waals surface area contributed by atoms with E-state index < -0.39 is 0 Å². The first-order chi connectivity index (χ1) is 14.6. The number of pyridine rings is 1. The molecule has 1 aromatic carbocycles. The first kappa shape index (κ1) is 21.5. The molecule has 3 rings (SSSR count). The van der Waals surface area contributed by atoms with Crippen LogP contribution in [0.15, 0.2) is 83.9 Å². The van der Waals surface area contributed by atoms with Crippen LogP contribution >= 0.6 is 11.8 Å². The molecule has 1 atom stereocenters. The Bertz CT molecular complexity index is 1030. The van der Waals surface area contributed by atoms with Crippen LogP contribution in [-0.4, -0.2) is 31.4 Å². The van der Waals surface area contributed by atoms with Gasteiger partial charge >= 0.3 is 0 Å².